The van der Waals surface area contributed by atoms with Crippen molar-refractivity contribution in [1.82, 2.24) is 10.9 Å². The molecule has 2 atom stereocenters. The van der Waals surface area contributed by atoms with E-state index in [9.17, 15) is 14.7 Å². The number of hydrogen-bond acceptors (Lipinski definition) is 5. The fourth-order valence-electron chi connectivity index (χ4n) is 2.74. The number of hydrogen-bond donors (Lipinski definition) is 4. The first-order valence-electron chi connectivity index (χ1n) is 7.02. The molecule has 0 bridgehead atoms. The third-order valence-electron chi connectivity index (χ3n) is 3.85. The number of aliphatic hydroxyl groups is 1. The van der Waals surface area contributed by atoms with E-state index in [4.69, 9.17) is 5.84 Å². The Bertz CT molecular complexity index is 723. The molecule has 0 aliphatic carbocycles. The maximum Gasteiger partial charge on any atom is 0.283 e. The zero-order chi connectivity index (χ0) is 16.4. The number of benzene rings is 2. The Morgan fingerprint density at radius 2 is 1.70 bits per heavy atom. The van der Waals surface area contributed by atoms with Gasteiger partial charge in [0.25, 0.3) is 17.4 Å². The highest BCUT2D eigenvalue weighted by Crippen LogP contribution is 2.39. The SMILES string of the molecule is NNC(=O)C1(O)C(=O)NN(c2ccccc2)C1c1ccccc1. The molecular formula is C16H16N4O3. The lowest BCUT2D eigenvalue weighted by Crippen LogP contribution is -2.56. The number of carbonyl (C=O) groups is 2. The Labute approximate surface area is 132 Å². The highest BCUT2D eigenvalue weighted by molar-refractivity contribution is 6.12. The van der Waals surface area contributed by atoms with Crippen molar-refractivity contribution >= 4 is 17.5 Å². The largest absolute Gasteiger partial charge is 0.370 e. The van der Waals surface area contributed by atoms with E-state index < -0.39 is 23.5 Å². The molecule has 118 valence electrons. The highest BCUT2D eigenvalue weighted by atomic mass is 16.3. The van der Waals surface area contributed by atoms with Crippen LogP contribution in [0.15, 0.2) is 60.7 Å². The summed E-state index contributed by atoms with van der Waals surface area (Å²) < 4.78 is 0. The molecular weight excluding hydrogens is 296 g/mol. The van der Waals surface area contributed by atoms with Gasteiger partial charge in [0.05, 0.1) is 5.69 Å². The third-order valence-corrected chi connectivity index (χ3v) is 3.85. The molecule has 1 heterocycles. The predicted molar refractivity (Wildman–Crippen MR) is 83.5 cm³/mol. The van der Waals surface area contributed by atoms with Crippen molar-refractivity contribution < 1.29 is 14.7 Å². The van der Waals surface area contributed by atoms with E-state index in [1.54, 1.807) is 48.5 Å². The van der Waals surface area contributed by atoms with Crippen molar-refractivity contribution in [2.24, 2.45) is 5.84 Å². The number of hydrazine groups is 2. The van der Waals surface area contributed by atoms with Gasteiger partial charge < -0.3 is 5.11 Å². The maximum atomic E-state index is 12.3. The van der Waals surface area contributed by atoms with E-state index in [0.29, 0.717) is 11.3 Å². The number of anilines is 1. The first-order valence-corrected chi connectivity index (χ1v) is 7.02. The van der Waals surface area contributed by atoms with Gasteiger partial charge in [0, 0.05) is 0 Å². The Morgan fingerprint density at radius 3 is 2.26 bits per heavy atom. The Hall–Kier alpha value is -2.90. The summed E-state index contributed by atoms with van der Waals surface area (Å²) >= 11 is 0. The molecule has 1 aliphatic rings. The fraction of sp³-hybridized carbons (Fsp3) is 0.125. The minimum Gasteiger partial charge on any atom is -0.370 e. The summed E-state index contributed by atoms with van der Waals surface area (Å²) in [7, 11) is 0. The molecule has 1 aliphatic heterocycles. The van der Waals surface area contributed by atoms with E-state index in [1.165, 1.54) is 5.01 Å². The normalized spacial score (nSPS) is 23.5. The third kappa shape index (κ3) is 2.32. The fourth-order valence-corrected chi connectivity index (χ4v) is 2.74. The molecule has 2 amide bonds. The number of carbonyl (C=O) groups excluding carboxylic acids is 2. The molecule has 2 aromatic carbocycles. The quantitative estimate of drug-likeness (QED) is 0.276. The van der Waals surface area contributed by atoms with Gasteiger partial charge in [-0.2, -0.15) is 0 Å². The van der Waals surface area contributed by atoms with Crippen LogP contribution in [0.25, 0.3) is 0 Å². The lowest BCUT2D eigenvalue weighted by Gasteiger charge is -2.30. The van der Waals surface area contributed by atoms with Crippen LogP contribution in [0.1, 0.15) is 11.6 Å². The van der Waals surface area contributed by atoms with Crippen LogP contribution in [-0.2, 0) is 9.59 Å². The average Bonchev–Trinajstić information content (AvgIpc) is 2.88. The lowest BCUT2D eigenvalue weighted by atomic mass is 9.88. The Balaban J connectivity index is 2.15. The maximum absolute atomic E-state index is 12.3. The second-order valence-electron chi connectivity index (χ2n) is 5.20. The zero-order valence-electron chi connectivity index (χ0n) is 12.1. The summed E-state index contributed by atoms with van der Waals surface area (Å²) in [6, 6.07) is 16.8. The van der Waals surface area contributed by atoms with E-state index in [0.717, 1.165) is 0 Å². The molecule has 0 spiro atoms. The smallest absolute Gasteiger partial charge is 0.283 e. The molecule has 7 nitrogen and oxygen atoms in total. The summed E-state index contributed by atoms with van der Waals surface area (Å²) in [6.45, 7) is 0. The van der Waals surface area contributed by atoms with Crippen molar-refractivity contribution in [2.75, 3.05) is 5.01 Å². The van der Waals surface area contributed by atoms with Crippen molar-refractivity contribution in [3.05, 3.63) is 66.2 Å². The van der Waals surface area contributed by atoms with Crippen LogP contribution in [0.5, 0.6) is 0 Å². The first-order chi connectivity index (χ1) is 11.1. The van der Waals surface area contributed by atoms with Gasteiger partial charge in [0.15, 0.2) is 0 Å². The number of nitrogens with two attached hydrogens (primary N) is 1. The number of nitrogens with one attached hydrogen (secondary N) is 2. The van der Waals surface area contributed by atoms with Gasteiger partial charge in [-0.15, -0.1) is 0 Å². The van der Waals surface area contributed by atoms with Gasteiger partial charge in [-0.3, -0.25) is 25.4 Å². The van der Waals surface area contributed by atoms with Crippen LogP contribution in [0.4, 0.5) is 5.69 Å². The second kappa shape index (κ2) is 5.71. The van der Waals surface area contributed by atoms with Crippen LogP contribution in [-0.4, -0.2) is 22.5 Å². The van der Waals surface area contributed by atoms with Crippen LogP contribution in [0.2, 0.25) is 0 Å². The van der Waals surface area contributed by atoms with Gasteiger partial charge in [-0.25, -0.2) is 5.84 Å². The molecule has 1 saturated heterocycles. The minimum absolute atomic E-state index is 0.598. The van der Waals surface area contributed by atoms with Crippen LogP contribution in [0.3, 0.4) is 0 Å². The van der Waals surface area contributed by atoms with Crippen molar-refractivity contribution in [2.45, 2.75) is 11.6 Å². The van der Waals surface area contributed by atoms with Gasteiger partial charge in [-0.05, 0) is 17.7 Å². The van der Waals surface area contributed by atoms with Crippen LogP contribution >= 0.6 is 0 Å². The van der Waals surface area contributed by atoms with Gasteiger partial charge in [0.2, 0.25) is 0 Å². The number of para-hydroxylation sites is 1. The first kappa shape index (κ1) is 15.0. The molecule has 5 N–H and O–H groups in total. The summed E-state index contributed by atoms with van der Waals surface area (Å²) in [4.78, 5) is 24.5. The monoisotopic (exact) mass is 312 g/mol. The Morgan fingerprint density at radius 1 is 1.13 bits per heavy atom. The van der Waals surface area contributed by atoms with Gasteiger partial charge in [0.1, 0.15) is 6.04 Å². The van der Waals surface area contributed by atoms with E-state index in [1.807, 2.05) is 17.6 Å². The topological polar surface area (TPSA) is 108 Å². The minimum atomic E-state index is -2.34. The second-order valence-corrected chi connectivity index (χ2v) is 5.20. The van der Waals surface area contributed by atoms with E-state index in [2.05, 4.69) is 5.43 Å². The molecule has 1 fully saturated rings. The molecule has 0 aromatic heterocycles. The summed E-state index contributed by atoms with van der Waals surface area (Å²) in [6.07, 6.45) is 0. The summed E-state index contributed by atoms with van der Waals surface area (Å²) in [5.41, 5.74) is 3.32. The number of amides is 2. The van der Waals surface area contributed by atoms with Crippen molar-refractivity contribution in [1.29, 1.82) is 0 Å². The highest BCUT2D eigenvalue weighted by Gasteiger charge is 2.59. The molecule has 0 saturated carbocycles. The van der Waals surface area contributed by atoms with Crippen molar-refractivity contribution in [3.63, 3.8) is 0 Å². The van der Waals surface area contributed by atoms with Crippen molar-refractivity contribution in [3.8, 4) is 0 Å². The standard InChI is InChI=1S/C16H16N4O3/c17-18-14(21)16(23)13(11-7-3-1-4-8-11)20(19-15(16)22)12-9-5-2-6-10-12/h1-10,13,23H,17H2,(H,18,21)(H,19,22). The molecule has 2 unspecified atom stereocenters. The molecule has 3 rings (SSSR count). The predicted octanol–water partition coefficient (Wildman–Crippen LogP) is 0.000100. The Kier molecular flexibility index (Phi) is 3.73. The van der Waals surface area contributed by atoms with E-state index >= 15 is 0 Å². The van der Waals surface area contributed by atoms with Gasteiger partial charge >= 0.3 is 0 Å². The van der Waals surface area contributed by atoms with Crippen LogP contribution < -0.4 is 21.7 Å². The number of nitrogens with zero attached hydrogens (tertiary/aromatic N) is 1. The molecule has 7 heteroatoms. The van der Waals surface area contributed by atoms with E-state index in [-0.39, 0.29) is 0 Å². The average molecular weight is 312 g/mol. The number of rotatable bonds is 3. The molecule has 2 aromatic rings. The summed E-state index contributed by atoms with van der Waals surface area (Å²) in [5, 5.41) is 12.3. The zero-order valence-corrected chi connectivity index (χ0v) is 12.1. The molecule has 0 radical (unpaired) electrons. The van der Waals surface area contributed by atoms with Crippen LogP contribution in [0, 0.1) is 0 Å². The summed E-state index contributed by atoms with van der Waals surface area (Å²) in [5.74, 6) is 3.36. The molecule has 23 heavy (non-hydrogen) atoms. The lowest BCUT2D eigenvalue weighted by molar-refractivity contribution is -0.151. The van der Waals surface area contributed by atoms with Gasteiger partial charge in [-0.1, -0.05) is 48.5 Å².